The second kappa shape index (κ2) is 2.12. The molecular weight excluding hydrogens is 144 g/mol. The van der Waals surface area contributed by atoms with Gasteiger partial charge in [0.2, 0.25) is 0 Å². The Hall–Kier alpha value is -0.740. The molecule has 0 aromatic carbocycles. The fourth-order valence-electron chi connectivity index (χ4n) is 1.83. The summed E-state index contributed by atoms with van der Waals surface area (Å²) < 4.78 is 0. The number of nitrogens with two attached hydrogens (primary N) is 1. The number of rotatable bonds is 0. The van der Waals surface area contributed by atoms with E-state index >= 15 is 0 Å². The van der Waals surface area contributed by atoms with E-state index in [4.69, 9.17) is 5.73 Å². The molecule has 0 spiro atoms. The van der Waals surface area contributed by atoms with E-state index in [0.29, 0.717) is 19.5 Å². The lowest BCUT2D eigenvalue weighted by molar-refractivity contribution is -0.122. The Morgan fingerprint density at radius 1 is 1.36 bits per heavy atom. The van der Waals surface area contributed by atoms with Crippen LogP contribution in [0.5, 0.6) is 0 Å². The van der Waals surface area contributed by atoms with Gasteiger partial charge in [-0.2, -0.15) is 0 Å². The average Bonchev–Trinajstić information content (AvgIpc) is 2.41. The van der Waals surface area contributed by atoms with Crippen molar-refractivity contribution >= 4 is 11.6 Å². The van der Waals surface area contributed by atoms with Gasteiger partial charge in [-0.25, -0.2) is 0 Å². The van der Waals surface area contributed by atoms with Gasteiger partial charge in [-0.1, -0.05) is 0 Å². The molecule has 2 heterocycles. The lowest BCUT2D eigenvalue weighted by Gasteiger charge is -2.12. The molecule has 1 unspecified atom stereocenters. The van der Waals surface area contributed by atoms with E-state index in [1.165, 1.54) is 0 Å². The minimum Gasteiger partial charge on any atom is -0.320 e. The zero-order valence-corrected chi connectivity index (χ0v) is 6.12. The number of carbonyl (C=O) groups is 2. The van der Waals surface area contributed by atoms with E-state index in [1.807, 2.05) is 4.90 Å². The molecule has 0 amide bonds. The van der Waals surface area contributed by atoms with Gasteiger partial charge < -0.3 is 5.73 Å². The topological polar surface area (TPSA) is 63.4 Å². The number of ketones is 2. The molecule has 2 fully saturated rings. The maximum Gasteiger partial charge on any atom is 0.165 e. The predicted octanol–water partition coefficient (Wildman–Crippen LogP) is -1.46. The van der Waals surface area contributed by atoms with Crippen molar-refractivity contribution in [2.45, 2.75) is 18.5 Å². The van der Waals surface area contributed by atoms with Crippen molar-refractivity contribution in [1.82, 2.24) is 4.90 Å². The van der Waals surface area contributed by atoms with Crippen LogP contribution in [0.15, 0.2) is 0 Å². The van der Waals surface area contributed by atoms with Gasteiger partial charge in [0.1, 0.15) is 0 Å². The highest BCUT2D eigenvalue weighted by atomic mass is 16.1. The summed E-state index contributed by atoms with van der Waals surface area (Å²) >= 11 is 0. The SMILES string of the molecule is N[C@H]1C(=O)CN2CCC(=O)C12. The maximum atomic E-state index is 11.1. The highest BCUT2D eigenvalue weighted by Gasteiger charge is 2.45. The summed E-state index contributed by atoms with van der Waals surface area (Å²) in [6.07, 6.45) is 0.561. The van der Waals surface area contributed by atoms with Gasteiger partial charge in [-0.3, -0.25) is 14.5 Å². The Labute approximate surface area is 64.3 Å². The molecule has 2 N–H and O–H groups in total. The van der Waals surface area contributed by atoms with Gasteiger partial charge in [0.05, 0.1) is 18.6 Å². The molecule has 4 heteroatoms. The fraction of sp³-hybridized carbons (Fsp3) is 0.714. The van der Waals surface area contributed by atoms with E-state index in [-0.39, 0.29) is 17.6 Å². The molecule has 0 bridgehead atoms. The minimum absolute atomic E-state index is 0.00282. The molecule has 0 aromatic rings. The molecule has 2 aliphatic heterocycles. The Bertz CT molecular complexity index is 226. The Morgan fingerprint density at radius 3 is 2.73 bits per heavy atom. The second-order valence-electron chi connectivity index (χ2n) is 3.12. The van der Waals surface area contributed by atoms with Crippen LogP contribution in [0.4, 0.5) is 0 Å². The number of hydrogen-bond acceptors (Lipinski definition) is 4. The van der Waals surface area contributed by atoms with Crippen LogP contribution in [-0.4, -0.2) is 41.6 Å². The average molecular weight is 154 g/mol. The van der Waals surface area contributed by atoms with E-state index in [0.717, 1.165) is 0 Å². The predicted molar refractivity (Wildman–Crippen MR) is 38.0 cm³/mol. The summed E-state index contributed by atoms with van der Waals surface area (Å²) in [7, 11) is 0. The van der Waals surface area contributed by atoms with E-state index in [2.05, 4.69) is 0 Å². The molecule has 11 heavy (non-hydrogen) atoms. The first-order chi connectivity index (χ1) is 5.20. The zero-order valence-electron chi connectivity index (χ0n) is 6.12. The quantitative estimate of drug-likeness (QED) is 0.463. The van der Waals surface area contributed by atoms with Gasteiger partial charge in [0, 0.05) is 13.0 Å². The normalized spacial score (nSPS) is 38.3. The van der Waals surface area contributed by atoms with Crippen LogP contribution in [0.2, 0.25) is 0 Å². The van der Waals surface area contributed by atoms with Crippen LogP contribution in [-0.2, 0) is 9.59 Å². The van der Waals surface area contributed by atoms with Gasteiger partial charge in [0.15, 0.2) is 11.6 Å². The van der Waals surface area contributed by atoms with Gasteiger partial charge >= 0.3 is 0 Å². The van der Waals surface area contributed by atoms with Crippen molar-refractivity contribution in [2.75, 3.05) is 13.1 Å². The molecule has 0 saturated carbocycles. The Balaban J connectivity index is 2.26. The number of carbonyl (C=O) groups excluding carboxylic acids is 2. The third-order valence-corrected chi connectivity index (χ3v) is 2.44. The summed E-state index contributed by atoms with van der Waals surface area (Å²) in [5, 5.41) is 0. The highest BCUT2D eigenvalue weighted by Crippen LogP contribution is 2.21. The molecule has 60 valence electrons. The molecule has 4 nitrogen and oxygen atoms in total. The molecule has 0 radical (unpaired) electrons. The summed E-state index contributed by atoms with van der Waals surface area (Å²) in [5.74, 6) is 0.131. The number of nitrogens with zero attached hydrogens (tertiary/aromatic N) is 1. The molecule has 0 aromatic heterocycles. The standard InChI is InChI=1S/C7H10N2O2/c8-6-5(11)3-9-2-1-4(10)7(6)9/h6-7H,1-3,8H2/t6-,7?/m0/s1. The number of Topliss-reactive ketones (excluding diaryl/α,β-unsaturated/α-hetero) is 2. The van der Waals surface area contributed by atoms with Crippen LogP contribution in [0.3, 0.4) is 0 Å². The van der Waals surface area contributed by atoms with Crippen molar-refractivity contribution < 1.29 is 9.59 Å². The fourth-order valence-corrected chi connectivity index (χ4v) is 1.83. The maximum absolute atomic E-state index is 11.1. The largest absolute Gasteiger partial charge is 0.320 e. The first kappa shape index (κ1) is 6.94. The van der Waals surface area contributed by atoms with E-state index in [1.54, 1.807) is 0 Å². The lowest BCUT2D eigenvalue weighted by atomic mass is 10.1. The van der Waals surface area contributed by atoms with Crippen molar-refractivity contribution in [3.05, 3.63) is 0 Å². The first-order valence-electron chi connectivity index (χ1n) is 3.75. The monoisotopic (exact) mass is 154 g/mol. The van der Waals surface area contributed by atoms with Crippen LogP contribution in [0.25, 0.3) is 0 Å². The van der Waals surface area contributed by atoms with E-state index < -0.39 is 6.04 Å². The number of hydrogen-bond donors (Lipinski definition) is 1. The number of fused-ring (bicyclic) bond motifs is 1. The minimum atomic E-state index is -0.551. The highest BCUT2D eigenvalue weighted by molar-refractivity contribution is 6.00. The van der Waals surface area contributed by atoms with Gasteiger partial charge in [-0.05, 0) is 0 Å². The molecule has 2 atom stereocenters. The third-order valence-electron chi connectivity index (χ3n) is 2.44. The summed E-state index contributed by atoms with van der Waals surface area (Å²) in [4.78, 5) is 24.0. The van der Waals surface area contributed by atoms with Crippen molar-refractivity contribution in [3.8, 4) is 0 Å². The zero-order chi connectivity index (χ0) is 8.01. The van der Waals surface area contributed by atoms with Crippen LogP contribution in [0.1, 0.15) is 6.42 Å². The van der Waals surface area contributed by atoms with Crippen LogP contribution in [0, 0.1) is 0 Å². The van der Waals surface area contributed by atoms with Crippen molar-refractivity contribution in [1.29, 1.82) is 0 Å². The molecular formula is C7H10N2O2. The lowest BCUT2D eigenvalue weighted by Crippen LogP contribution is -2.41. The van der Waals surface area contributed by atoms with Gasteiger partial charge in [0.25, 0.3) is 0 Å². The van der Waals surface area contributed by atoms with E-state index in [9.17, 15) is 9.59 Å². The Kier molecular flexibility index (Phi) is 1.34. The van der Waals surface area contributed by atoms with Crippen LogP contribution >= 0.6 is 0 Å². The summed E-state index contributed by atoms with van der Waals surface area (Å²) in [6, 6.07) is -0.840. The molecule has 2 saturated heterocycles. The molecule has 0 aliphatic carbocycles. The van der Waals surface area contributed by atoms with Gasteiger partial charge in [-0.15, -0.1) is 0 Å². The molecule has 2 rings (SSSR count). The third kappa shape index (κ3) is 0.829. The first-order valence-corrected chi connectivity index (χ1v) is 3.75. The smallest absolute Gasteiger partial charge is 0.165 e. The van der Waals surface area contributed by atoms with Crippen molar-refractivity contribution in [2.24, 2.45) is 5.73 Å². The Morgan fingerprint density at radius 2 is 2.09 bits per heavy atom. The van der Waals surface area contributed by atoms with Crippen molar-refractivity contribution in [3.63, 3.8) is 0 Å². The molecule has 2 aliphatic rings. The summed E-state index contributed by atoms with van der Waals surface area (Å²) in [6.45, 7) is 1.08. The van der Waals surface area contributed by atoms with Crippen LogP contribution < -0.4 is 5.73 Å². The summed E-state index contributed by atoms with van der Waals surface area (Å²) in [5.41, 5.74) is 5.54. The second-order valence-corrected chi connectivity index (χ2v) is 3.12.